The number of benzene rings is 2. The summed E-state index contributed by atoms with van der Waals surface area (Å²) < 4.78 is 13.7. The van der Waals surface area contributed by atoms with Crippen molar-refractivity contribution in [3.05, 3.63) is 77.2 Å². The van der Waals surface area contributed by atoms with E-state index in [1.54, 1.807) is 19.2 Å². The van der Waals surface area contributed by atoms with Crippen molar-refractivity contribution in [1.82, 2.24) is 15.6 Å². The lowest BCUT2D eigenvalue weighted by atomic mass is 10.1. The van der Waals surface area contributed by atoms with Crippen molar-refractivity contribution in [3.63, 3.8) is 0 Å². The van der Waals surface area contributed by atoms with E-state index in [0.717, 1.165) is 28.6 Å². The van der Waals surface area contributed by atoms with Crippen molar-refractivity contribution in [2.45, 2.75) is 26.9 Å². The average molecular weight is 350 g/mol. The van der Waals surface area contributed by atoms with Gasteiger partial charge in [0, 0.05) is 24.7 Å². The van der Waals surface area contributed by atoms with Gasteiger partial charge in [-0.15, -0.1) is 0 Å². The van der Waals surface area contributed by atoms with E-state index < -0.39 is 0 Å². The zero-order valence-corrected chi connectivity index (χ0v) is 15.1. The number of hydrogen-bond donors (Lipinski definition) is 2. The van der Waals surface area contributed by atoms with Gasteiger partial charge in [-0.05, 0) is 42.7 Å². The summed E-state index contributed by atoms with van der Waals surface area (Å²) in [6, 6.07) is 15.3. The first-order valence-corrected chi connectivity index (χ1v) is 8.77. The maximum absolute atomic E-state index is 13.7. The molecule has 0 bridgehead atoms. The Morgan fingerprint density at radius 3 is 2.77 bits per heavy atom. The highest BCUT2D eigenvalue weighted by Crippen LogP contribution is 2.15. The van der Waals surface area contributed by atoms with Gasteiger partial charge in [0.05, 0.1) is 12.1 Å². The second-order valence-corrected chi connectivity index (χ2v) is 6.12. The largest absolute Gasteiger partial charge is 0.357 e. The summed E-state index contributed by atoms with van der Waals surface area (Å²) >= 11 is 0. The van der Waals surface area contributed by atoms with Gasteiger partial charge in [-0.1, -0.05) is 36.4 Å². The molecule has 134 valence electrons. The van der Waals surface area contributed by atoms with Gasteiger partial charge in [0.1, 0.15) is 5.82 Å². The van der Waals surface area contributed by atoms with Crippen LogP contribution in [0.4, 0.5) is 4.39 Å². The molecule has 26 heavy (non-hydrogen) atoms. The van der Waals surface area contributed by atoms with Crippen LogP contribution in [0.2, 0.25) is 0 Å². The Hall–Kier alpha value is -2.95. The van der Waals surface area contributed by atoms with Gasteiger partial charge in [-0.2, -0.15) is 0 Å². The molecule has 0 aliphatic heterocycles. The van der Waals surface area contributed by atoms with Gasteiger partial charge in [0.2, 0.25) is 0 Å². The monoisotopic (exact) mass is 350 g/mol. The maximum Gasteiger partial charge on any atom is 0.191 e. The van der Waals surface area contributed by atoms with Crippen LogP contribution in [0.3, 0.4) is 0 Å². The number of nitrogens with one attached hydrogen (secondary N) is 2. The van der Waals surface area contributed by atoms with E-state index in [1.807, 2.05) is 25.1 Å². The van der Waals surface area contributed by atoms with Gasteiger partial charge < -0.3 is 10.6 Å². The zero-order valence-electron chi connectivity index (χ0n) is 15.1. The highest BCUT2D eigenvalue weighted by atomic mass is 19.1. The molecule has 1 aromatic heterocycles. The maximum atomic E-state index is 13.7. The molecule has 0 saturated carbocycles. The molecule has 0 aliphatic carbocycles. The first kappa shape index (κ1) is 17.9. The van der Waals surface area contributed by atoms with E-state index in [2.05, 4.69) is 38.8 Å². The number of rotatable bonds is 5. The second kappa shape index (κ2) is 8.43. The van der Waals surface area contributed by atoms with Gasteiger partial charge in [0.15, 0.2) is 5.96 Å². The summed E-state index contributed by atoms with van der Waals surface area (Å²) in [5.74, 6) is 0.499. The van der Waals surface area contributed by atoms with Gasteiger partial charge in [-0.25, -0.2) is 9.38 Å². The number of fused-ring (bicyclic) bond motifs is 1. The number of aryl methyl sites for hydroxylation is 1. The molecule has 4 nitrogen and oxygen atoms in total. The van der Waals surface area contributed by atoms with Crippen LogP contribution in [-0.2, 0) is 13.1 Å². The fraction of sp³-hybridized carbons (Fsp3) is 0.238. The number of halogens is 1. The summed E-state index contributed by atoms with van der Waals surface area (Å²) in [5.41, 5.74) is 3.58. The molecule has 2 aromatic carbocycles. The van der Waals surface area contributed by atoms with Crippen LogP contribution in [0.15, 0.2) is 59.7 Å². The van der Waals surface area contributed by atoms with Crippen molar-refractivity contribution < 1.29 is 4.39 Å². The Morgan fingerprint density at radius 2 is 1.96 bits per heavy atom. The van der Waals surface area contributed by atoms with E-state index in [-0.39, 0.29) is 5.82 Å². The Labute approximate surface area is 153 Å². The molecule has 0 radical (unpaired) electrons. The predicted molar refractivity (Wildman–Crippen MR) is 105 cm³/mol. The van der Waals surface area contributed by atoms with Crippen molar-refractivity contribution in [2.24, 2.45) is 4.99 Å². The second-order valence-electron chi connectivity index (χ2n) is 6.12. The minimum absolute atomic E-state index is 0.197. The molecule has 3 aromatic rings. The van der Waals surface area contributed by atoms with E-state index in [9.17, 15) is 4.39 Å². The number of guanidine groups is 1. The van der Waals surface area contributed by atoms with Gasteiger partial charge in [0.25, 0.3) is 0 Å². The minimum Gasteiger partial charge on any atom is -0.357 e. The summed E-state index contributed by atoms with van der Waals surface area (Å²) in [4.78, 5) is 9.03. The van der Waals surface area contributed by atoms with Gasteiger partial charge in [-0.3, -0.25) is 4.98 Å². The fourth-order valence-electron chi connectivity index (χ4n) is 2.74. The zero-order chi connectivity index (χ0) is 18.4. The third kappa shape index (κ3) is 4.36. The van der Waals surface area contributed by atoms with Crippen LogP contribution < -0.4 is 10.6 Å². The number of hydrogen-bond acceptors (Lipinski definition) is 2. The predicted octanol–water partition coefficient (Wildman–Crippen LogP) is 3.94. The lowest BCUT2D eigenvalue weighted by Gasteiger charge is -2.12. The van der Waals surface area contributed by atoms with Crippen molar-refractivity contribution in [3.8, 4) is 0 Å². The molecule has 0 spiro atoms. The molecule has 0 atom stereocenters. The van der Waals surface area contributed by atoms with Crippen molar-refractivity contribution in [1.29, 1.82) is 0 Å². The van der Waals surface area contributed by atoms with Crippen LogP contribution in [-0.4, -0.2) is 17.5 Å². The van der Waals surface area contributed by atoms with Crippen LogP contribution in [0.5, 0.6) is 0 Å². The first-order chi connectivity index (χ1) is 12.7. The van der Waals surface area contributed by atoms with Crippen LogP contribution in [0, 0.1) is 12.7 Å². The third-order valence-electron chi connectivity index (χ3n) is 4.16. The first-order valence-electron chi connectivity index (χ1n) is 8.77. The number of nitrogens with zero attached hydrogens (tertiary/aromatic N) is 2. The van der Waals surface area contributed by atoms with Crippen molar-refractivity contribution >= 4 is 16.9 Å². The van der Waals surface area contributed by atoms with Crippen molar-refractivity contribution in [2.75, 3.05) is 6.54 Å². The molecule has 0 unspecified atom stereocenters. The number of pyridine rings is 1. The van der Waals surface area contributed by atoms with Gasteiger partial charge >= 0.3 is 0 Å². The molecule has 2 N–H and O–H groups in total. The third-order valence-corrected chi connectivity index (χ3v) is 4.16. The smallest absolute Gasteiger partial charge is 0.191 e. The van der Waals surface area contributed by atoms with Crippen LogP contribution >= 0.6 is 0 Å². The summed E-state index contributed by atoms with van der Waals surface area (Å²) in [7, 11) is 0. The Bertz CT molecular complexity index is 916. The summed E-state index contributed by atoms with van der Waals surface area (Å²) in [6.07, 6.45) is 1.80. The Kier molecular flexibility index (Phi) is 5.79. The topological polar surface area (TPSA) is 49.3 Å². The highest BCUT2D eigenvalue weighted by Gasteiger charge is 2.04. The number of para-hydroxylation sites is 1. The molecule has 0 fully saturated rings. The molecule has 0 saturated heterocycles. The van der Waals surface area contributed by atoms with E-state index in [1.165, 1.54) is 6.07 Å². The molecular weight excluding hydrogens is 327 g/mol. The lowest BCUT2D eigenvalue weighted by molar-refractivity contribution is 0.616. The molecule has 3 rings (SSSR count). The van der Waals surface area contributed by atoms with E-state index >= 15 is 0 Å². The SMILES string of the molecule is CCNC(=NCc1ccc(C)c(F)c1)NCc1cccc2cccnc12. The van der Waals surface area contributed by atoms with Crippen LogP contribution in [0.25, 0.3) is 10.9 Å². The number of aliphatic imine (C=N–C) groups is 1. The number of aromatic nitrogens is 1. The summed E-state index contributed by atoms with van der Waals surface area (Å²) in [5, 5.41) is 7.67. The Morgan fingerprint density at radius 1 is 1.12 bits per heavy atom. The molecule has 0 aliphatic rings. The van der Waals surface area contributed by atoms with Crippen LogP contribution in [0.1, 0.15) is 23.6 Å². The lowest BCUT2D eigenvalue weighted by Crippen LogP contribution is -2.36. The Balaban J connectivity index is 1.72. The molecule has 0 amide bonds. The summed E-state index contributed by atoms with van der Waals surface area (Å²) in [6.45, 7) is 5.55. The van der Waals surface area contributed by atoms with E-state index in [0.29, 0.717) is 24.6 Å². The quantitative estimate of drug-likeness (QED) is 0.541. The molecular formula is C21H23FN4. The average Bonchev–Trinajstić information content (AvgIpc) is 2.66. The van der Waals surface area contributed by atoms with E-state index in [4.69, 9.17) is 0 Å². The highest BCUT2D eigenvalue weighted by molar-refractivity contribution is 5.83. The molecule has 1 heterocycles. The fourth-order valence-corrected chi connectivity index (χ4v) is 2.74. The minimum atomic E-state index is -0.197. The standard InChI is InChI=1S/C21H23FN4/c1-3-23-21(25-13-16-10-9-15(2)19(22)12-16)26-14-18-7-4-6-17-8-5-11-24-20(17)18/h4-12H,3,13-14H2,1-2H3,(H2,23,25,26). The normalized spacial score (nSPS) is 11.6. The molecule has 5 heteroatoms.